The highest BCUT2D eigenvalue weighted by Crippen LogP contribution is 2.43. The normalized spacial score (nSPS) is 13.1. The van der Waals surface area contributed by atoms with Crippen LogP contribution in [0.15, 0.2) is 225 Å². The van der Waals surface area contributed by atoms with Crippen molar-refractivity contribution >= 4 is 33.2 Å². The summed E-state index contributed by atoms with van der Waals surface area (Å²) in [6.45, 7) is 16.7. The molecule has 0 spiro atoms. The van der Waals surface area contributed by atoms with Gasteiger partial charge >= 0.3 is 0 Å². The number of fused-ring (bicyclic) bond motifs is 3. The highest BCUT2D eigenvalue weighted by molar-refractivity contribution is 6.10. The molecule has 0 fully saturated rings. The number of hydrogen-bond donors (Lipinski definition) is 0. The summed E-state index contributed by atoms with van der Waals surface area (Å²) >= 11 is 0. The first-order valence-corrected chi connectivity index (χ1v) is 24.8. The van der Waals surface area contributed by atoms with E-state index in [0.717, 1.165) is 56.2 Å². The summed E-state index contributed by atoms with van der Waals surface area (Å²) < 4.78 is 9.30. The zero-order valence-corrected chi connectivity index (χ0v) is 41.8. The monoisotopic (exact) mass is 924 g/mol. The highest BCUT2D eigenvalue weighted by atomic mass is 16.5. The van der Waals surface area contributed by atoms with Crippen LogP contribution in [0.5, 0.6) is 11.5 Å². The van der Waals surface area contributed by atoms with E-state index in [1.807, 2.05) is 6.20 Å². The number of pyridine rings is 1. The predicted octanol–water partition coefficient (Wildman–Crippen LogP) is 17.0. The van der Waals surface area contributed by atoms with Crippen molar-refractivity contribution in [2.45, 2.75) is 64.7 Å². The Morgan fingerprint density at radius 2 is 0.958 bits per heavy atom. The van der Waals surface area contributed by atoms with E-state index in [0.29, 0.717) is 6.67 Å². The maximum Gasteiger partial charge on any atom is 0.137 e. The van der Waals surface area contributed by atoms with E-state index in [4.69, 9.17) is 9.72 Å². The van der Waals surface area contributed by atoms with E-state index in [2.05, 4.69) is 281 Å². The lowest BCUT2D eigenvalue weighted by Crippen LogP contribution is -2.27. The average molecular weight is 925 g/mol. The van der Waals surface area contributed by atoms with Crippen LogP contribution in [0, 0.1) is 0 Å². The van der Waals surface area contributed by atoms with Crippen LogP contribution in [0.25, 0.3) is 49.9 Å². The van der Waals surface area contributed by atoms with E-state index in [9.17, 15) is 0 Å². The molecule has 0 atom stereocenters. The van der Waals surface area contributed by atoms with Crippen molar-refractivity contribution in [2.24, 2.45) is 0 Å². The van der Waals surface area contributed by atoms with E-state index in [1.54, 1.807) is 0 Å². The summed E-state index contributed by atoms with van der Waals surface area (Å²) in [5.41, 5.74) is 14.7. The minimum absolute atomic E-state index is 0.0419. The lowest BCUT2D eigenvalue weighted by molar-refractivity contribution is 0.483. The van der Waals surface area contributed by atoms with Gasteiger partial charge in [0.05, 0.1) is 17.7 Å². The van der Waals surface area contributed by atoms with Crippen molar-refractivity contribution in [2.75, 3.05) is 16.5 Å². The summed E-state index contributed by atoms with van der Waals surface area (Å²) in [6, 6.07) is 74.3. The Morgan fingerprint density at radius 3 is 1.55 bits per heavy atom. The predicted molar refractivity (Wildman–Crippen MR) is 297 cm³/mol. The van der Waals surface area contributed by atoms with Crippen LogP contribution in [-0.4, -0.2) is 16.2 Å². The summed E-state index contributed by atoms with van der Waals surface area (Å²) in [5, 5.41) is 2.31. The molecule has 0 bridgehead atoms. The third kappa shape index (κ3) is 8.78. The second kappa shape index (κ2) is 18.0. The fraction of sp³-hybridized carbons (Fsp3) is 0.167. The minimum Gasteiger partial charge on any atom is -0.457 e. The van der Waals surface area contributed by atoms with Gasteiger partial charge in [-0.15, -0.1) is 0 Å². The Hall–Kier alpha value is -8.15. The molecule has 8 aromatic carbocycles. The van der Waals surface area contributed by atoms with Gasteiger partial charge in [-0.3, -0.25) is 4.57 Å². The molecule has 1 aliphatic rings. The first-order chi connectivity index (χ1) is 34.3. The van der Waals surface area contributed by atoms with Crippen molar-refractivity contribution in [3.8, 4) is 39.6 Å². The van der Waals surface area contributed by atoms with Gasteiger partial charge in [0.25, 0.3) is 0 Å². The standard InChI is InChI=1S/C66H60N4O/c1-64(2,3)52-32-33-67-63(42-52)70-61-31-28-48(46-20-12-8-13-21-46)38-60(61)59-30-29-57(44-62(59)70)71-58-37-49(47-22-14-9-15-23-47)36-55(43-58)68-34-35-69(45-68)56-40-53(65(4,5)50-24-16-10-17-25-50)39-54(41-56)66(6,7)51-26-18-11-19-27-51/h8-44H,45H2,1-7H3. The average Bonchev–Trinajstić information content (AvgIpc) is 4.03. The number of hydrogen-bond acceptors (Lipinski definition) is 4. The molecule has 10 aromatic rings. The van der Waals surface area contributed by atoms with Gasteiger partial charge in [-0.05, 0) is 116 Å². The lowest BCUT2D eigenvalue weighted by Gasteiger charge is -2.33. The molecule has 0 N–H and O–H groups in total. The maximum atomic E-state index is 7.01. The number of nitrogens with zero attached hydrogens (tertiary/aromatic N) is 4. The zero-order valence-electron chi connectivity index (χ0n) is 41.8. The van der Waals surface area contributed by atoms with Gasteiger partial charge in [-0.25, -0.2) is 4.98 Å². The topological polar surface area (TPSA) is 33.5 Å². The van der Waals surface area contributed by atoms with Crippen LogP contribution in [0.2, 0.25) is 0 Å². The summed E-state index contributed by atoms with van der Waals surface area (Å²) in [7, 11) is 0. The fourth-order valence-electron chi connectivity index (χ4n) is 10.2. The molecule has 0 saturated heterocycles. The summed E-state index contributed by atoms with van der Waals surface area (Å²) in [6.07, 6.45) is 6.34. The minimum atomic E-state index is -0.229. The van der Waals surface area contributed by atoms with Gasteiger partial charge in [-0.2, -0.15) is 0 Å². The van der Waals surface area contributed by atoms with Crippen molar-refractivity contribution < 1.29 is 4.74 Å². The molecule has 71 heavy (non-hydrogen) atoms. The van der Waals surface area contributed by atoms with Gasteiger partial charge < -0.3 is 14.5 Å². The van der Waals surface area contributed by atoms with Crippen LogP contribution in [-0.2, 0) is 16.2 Å². The van der Waals surface area contributed by atoms with E-state index in [1.165, 1.54) is 44.3 Å². The van der Waals surface area contributed by atoms with Crippen LogP contribution in [0.4, 0.5) is 11.4 Å². The SMILES string of the molecule is CC(C)(C)c1ccnc(-n2c3ccc(-c4ccccc4)cc3c3ccc(Oc4cc(-c5ccccc5)cc(N5C=CN(c6cc(C(C)(C)c7ccccc7)cc(C(C)(C)c7ccccc7)c6)C5)c4)cc32)c1. The fourth-order valence-corrected chi connectivity index (χ4v) is 10.2. The number of benzene rings is 8. The van der Waals surface area contributed by atoms with Crippen LogP contribution < -0.4 is 14.5 Å². The van der Waals surface area contributed by atoms with Crippen molar-refractivity contribution in [1.82, 2.24) is 9.55 Å². The maximum absolute atomic E-state index is 7.01. The highest BCUT2D eigenvalue weighted by Gasteiger charge is 2.30. The van der Waals surface area contributed by atoms with Crippen LogP contribution >= 0.6 is 0 Å². The molecular weight excluding hydrogens is 865 g/mol. The largest absolute Gasteiger partial charge is 0.457 e. The van der Waals surface area contributed by atoms with Crippen molar-refractivity contribution in [3.05, 3.63) is 253 Å². The number of anilines is 2. The Kier molecular flexibility index (Phi) is 11.5. The molecule has 5 nitrogen and oxygen atoms in total. The molecular formula is C66H60N4O. The third-order valence-corrected chi connectivity index (χ3v) is 14.7. The Balaban J connectivity index is 0.977. The molecule has 11 rings (SSSR count). The second-order valence-corrected chi connectivity index (χ2v) is 21.1. The number of rotatable bonds is 11. The Morgan fingerprint density at radius 1 is 0.394 bits per heavy atom. The molecule has 3 heterocycles. The number of aromatic nitrogens is 2. The molecule has 2 aromatic heterocycles. The Labute approximate surface area is 419 Å². The van der Waals surface area contributed by atoms with Crippen molar-refractivity contribution in [3.63, 3.8) is 0 Å². The molecule has 1 aliphatic heterocycles. The van der Waals surface area contributed by atoms with Gasteiger partial charge in [0.15, 0.2) is 0 Å². The first kappa shape index (κ1) is 45.3. The molecule has 0 aliphatic carbocycles. The van der Waals surface area contributed by atoms with E-state index < -0.39 is 0 Å². The van der Waals surface area contributed by atoms with E-state index in [-0.39, 0.29) is 16.2 Å². The quantitative estimate of drug-likeness (QED) is 0.129. The van der Waals surface area contributed by atoms with Gasteiger partial charge in [-0.1, -0.05) is 182 Å². The molecule has 0 saturated carbocycles. The van der Waals surface area contributed by atoms with Gasteiger partial charge in [0.2, 0.25) is 0 Å². The molecule has 350 valence electrons. The first-order valence-electron chi connectivity index (χ1n) is 24.8. The molecule has 0 amide bonds. The third-order valence-electron chi connectivity index (χ3n) is 14.7. The van der Waals surface area contributed by atoms with Crippen LogP contribution in [0.1, 0.15) is 76.3 Å². The molecule has 5 heteroatoms. The smallest absolute Gasteiger partial charge is 0.137 e. The van der Waals surface area contributed by atoms with Gasteiger partial charge in [0.1, 0.15) is 17.3 Å². The second-order valence-electron chi connectivity index (χ2n) is 21.1. The van der Waals surface area contributed by atoms with Crippen LogP contribution in [0.3, 0.4) is 0 Å². The number of ether oxygens (including phenoxy) is 1. The summed E-state index contributed by atoms with van der Waals surface area (Å²) in [5.74, 6) is 2.39. The lowest BCUT2D eigenvalue weighted by atomic mass is 9.73. The van der Waals surface area contributed by atoms with Crippen molar-refractivity contribution in [1.29, 1.82) is 0 Å². The zero-order chi connectivity index (χ0) is 48.9. The Bertz CT molecular complexity index is 3500. The molecule has 0 unspecified atom stereocenters. The summed E-state index contributed by atoms with van der Waals surface area (Å²) in [4.78, 5) is 9.67. The van der Waals surface area contributed by atoms with E-state index >= 15 is 0 Å². The molecule has 0 radical (unpaired) electrons. The van der Waals surface area contributed by atoms with Gasteiger partial charge in [0, 0.05) is 63.7 Å².